The minimum atomic E-state index is -3.92. The van der Waals surface area contributed by atoms with Crippen molar-refractivity contribution in [2.24, 2.45) is 0 Å². The second-order valence-electron chi connectivity index (χ2n) is 4.68. The Morgan fingerprint density at radius 2 is 1.95 bits per heavy atom. The normalized spacial score (nSPS) is 22.8. The third-order valence-electron chi connectivity index (χ3n) is 3.18. The summed E-state index contributed by atoms with van der Waals surface area (Å²) in [5.74, 6) is 0.792. The molecule has 0 aliphatic carbocycles. The van der Waals surface area contributed by atoms with E-state index in [0.29, 0.717) is 28.8 Å². The maximum absolute atomic E-state index is 12.1. The maximum atomic E-state index is 12.1. The van der Waals surface area contributed by atoms with Gasteiger partial charge in [0.1, 0.15) is 0 Å². The fourth-order valence-electron chi connectivity index (χ4n) is 2.04. The van der Waals surface area contributed by atoms with Crippen LogP contribution in [-0.2, 0) is 19.9 Å². The molecule has 0 aromatic heterocycles. The van der Waals surface area contributed by atoms with Crippen LogP contribution in [0.4, 0.5) is 0 Å². The van der Waals surface area contributed by atoms with Gasteiger partial charge in [-0.05, 0) is 47.0 Å². The van der Waals surface area contributed by atoms with Gasteiger partial charge in [-0.15, -0.1) is 0 Å². The molecule has 1 aromatic rings. The number of hydrogen-bond donors (Lipinski definition) is 1. The lowest BCUT2D eigenvalue weighted by atomic mass is 10.1. The molecule has 0 unspecified atom stereocenters. The molecule has 2 rings (SSSR count). The monoisotopic (exact) mass is 413 g/mol. The Morgan fingerprint density at radius 1 is 1.33 bits per heavy atom. The second kappa shape index (κ2) is 6.76. The topological polar surface area (TPSA) is 80.3 Å². The molecule has 1 heterocycles. The summed E-state index contributed by atoms with van der Waals surface area (Å²) < 4.78 is 34.4. The van der Waals surface area contributed by atoms with Gasteiger partial charge >= 0.3 is 0 Å². The molecule has 0 bridgehead atoms. The molecule has 1 aliphatic rings. The number of rotatable bonds is 3. The van der Waals surface area contributed by atoms with E-state index in [1.807, 2.05) is 0 Å². The van der Waals surface area contributed by atoms with E-state index in [0.717, 1.165) is 0 Å². The van der Waals surface area contributed by atoms with Gasteiger partial charge in [-0.2, -0.15) is 0 Å². The predicted molar refractivity (Wildman–Crippen MR) is 85.5 cm³/mol. The summed E-state index contributed by atoms with van der Waals surface area (Å²) in [6, 6.07) is 4.20. The van der Waals surface area contributed by atoms with Crippen molar-refractivity contribution in [3.8, 4) is 0 Å². The summed E-state index contributed by atoms with van der Waals surface area (Å²) >= 11 is 3.09. The number of hydrogen-bond acceptors (Lipinski definition) is 4. The molecule has 1 saturated heterocycles. The van der Waals surface area contributed by atoms with Gasteiger partial charge in [0, 0.05) is 49.1 Å². The third kappa shape index (κ3) is 4.51. The molecule has 116 valence electrons. The highest BCUT2D eigenvalue weighted by Gasteiger charge is 2.22. The van der Waals surface area contributed by atoms with Crippen LogP contribution in [0.25, 0.3) is 0 Å². The molecule has 1 fully saturated rings. The van der Waals surface area contributed by atoms with Crippen molar-refractivity contribution in [2.45, 2.75) is 23.8 Å². The summed E-state index contributed by atoms with van der Waals surface area (Å²) in [6.07, 6.45) is 1.32. The van der Waals surface area contributed by atoms with Crippen LogP contribution in [0.3, 0.4) is 0 Å². The summed E-state index contributed by atoms with van der Waals surface area (Å²) in [5.41, 5.74) is 0.226. The van der Waals surface area contributed by atoms with Crippen molar-refractivity contribution in [1.29, 1.82) is 0 Å². The molecule has 5 nitrogen and oxygen atoms in total. The minimum absolute atomic E-state index is 0.0325. The molecule has 1 N–H and O–H groups in total. The van der Waals surface area contributed by atoms with Gasteiger partial charge in [-0.3, -0.25) is 9.00 Å². The van der Waals surface area contributed by atoms with Crippen LogP contribution in [0.2, 0.25) is 0 Å². The summed E-state index contributed by atoms with van der Waals surface area (Å²) in [7, 11) is 0.607. The van der Waals surface area contributed by atoms with Gasteiger partial charge in [-0.1, -0.05) is 0 Å². The van der Waals surface area contributed by atoms with Crippen LogP contribution in [0.15, 0.2) is 27.6 Å². The lowest BCUT2D eigenvalue weighted by Gasteiger charge is -2.22. The van der Waals surface area contributed by atoms with E-state index in [4.69, 9.17) is 10.7 Å². The van der Waals surface area contributed by atoms with E-state index >= 15 is 0 Å². The zero-order valence-corrected chi connectivity index (χ0v) is 14.8. The van der Waals surface area contributed by atoms with Crippen LogP contribution in [0.1, 0.15) is 23.2 Å². The van der Waals surface area contributed by atoms with E-state index in [-0.39, 0.29) is 22.4 Å². The SMILES string of the molecule is O=C(NC1CCS(=O)CC1)c1ccc(Br)c(S(=O)(=O)Cl)c1. The number of nitrogens with one attached hydrogen (secondary N) is 1. The van der Waals surface area contributed by atoms with E-state index in [1.54, 1.807) is 0 Å². The Kier molecular flexibility index (Phi) is 5.45. The van der Waals surface area contributed by atoms with Gasteiger partial charge in [0.15, 0.2) is 0 Å². The molecule has 0 spiro atoms. The maximum Gasteiger partial charge on any atom is 0.262 e. The van der Waals surface area contributed by atoms with Crippen LogP contribution in [0.5, 0.6) is 0 Å². The third-order valence-corrected chi connectivity index (χ3v) is 6.88. The van der Waals surface area contributed by atoms with Crippen LogP contribution in [0, 0.1) is 0 Å². The summed E-state index contributed by atoms with van der Waals surface area (Å²) in [6.45, 7) is 0. The van der Waals surface area contributed by atoms with E-state index in [2.05, 4.69) is 21.2 Å². The van der Waals surface area contributed by atoms with Crippen molar-refractivity contribution in [1.82, 2.24) is 5.32 Å². The minimum Gasteiger partial charge on any atom is -0.349 e. The fourth-order valence-corrected chi connectivity index (χ4v) is 5.45. The van der Waals surface area contributed by atoms with Crippen molar-refractivity contribution >= 4 is 52.4 Å². The van der Waals surface area contributed by atoms with E-state index in [9.17, 15) is 17.4 Å². The molecule has 9 heteroatoms. The van der Waals surface area contributed by atoms with Gasteiger partial charge in [0.2, 0.25) is 0 Å². The zero-order valence-electron chi connectivity index (χ0n) is 10.8. The molecule has 0 radical (unpaired) electrons. The molecule has 1 aromatic carbocycles. The molecule has 0 atom stereocenters. The van der Waals surface area contributed by atoms with Crippen LogP contribution in [-0.4, -0.2) is 36.1 Å². The largest absolute Gasteiger partial charge is 0.349 e. The Hall–Kier alpha value is -0.440. The molecule has 0 saturated carbocycles. The highest BCUT2D eigenvalue weighted by molar-refractivity contribution is 9.10. The van der Waals surface area contributed by atoms with E-state index in [1.165, 1.54) is 18.2 Å². The Balaban J connectivity index is 2.15. The Morgan fingerprint density at radius 3 is 2.52 bits per heavy atom. The highest BCUT2D eigenvalue weighted by atomic mass is 79.9. The van der Waals surface area contributed by atoms with Crippen LogP contribution >= 0.6 is 26.6 Å². The molecular weight excluding hydrogens is 402 g/mol. The first-order valence-corrected chi connectivity index (χ1v) is 10.8. The zero-order chi connectivity index (χ0) is 15.6. The highest BCUT2D eigenvalue weighted by Crippen LogP contribution is 2.26. The lowest BCUT2D eigenvalue weighted by molar-refractivity contribution is 0.0934. The number of carbonyl (C=O) groups excluding carboxylic acids is 1. The Bertz CT molecular complexity index is 682. The van der Waals surface area contributed by atoms with Gasteiger partial charge < -0.3 is 5.32 Å². The lowest BCUT2D eigenvalue weighted by Crippen LogP contribution is -2.39. The fraction of sp³-hybridized carbons (Fsp3) is 0.417. The number of benzene rings is 1. The van der Waals surface area contributed by atoms with Crippen molar-refractivity contribution in [3.63, 3.8) is 0 Å². The second-order valence-corrected chi connectivity index (χ2v) is 9.76. The van der Waals surface area contributed by atoms with Crippen LogP contribution < -0.4 is 5.32 Å². The molecular formula is C12H13BrClNO4S2. The first kappa shape index (κ1) is 16.9. The average molecular weight is 415 g/mol. The predicted octanol–water partition coefficient (Wildman–Crippen LogP) is 2.02. The standard InChI is InChI=1S/C12H13BrClNO4S2/c13-10-2-1-8(7-11(10)21(14,18)19)12(16)15-9-3-5-20(17)6-4-9/h1-2,7,9H,3-6H2,(H,15,16). The van der Waals surface area contributed by atoms with Crippen molar-refractivity contribution < 1.29 is 17.4 Å². The van der Waals surface area contributed by atoms with Crippen molar-refractivity contribution in [3.05, 3.63) is 28.2 Å². The molecule has 21 heavy (non-hydrogen) atoms. The first-order chi connectivity index (χ1) is 9.77. The van der Waals surface area contributed by atoms with E-state index < -0.39 is 19.9 Å². The van der Waals surface area contributed by atoms with Gasteiger partial charge in [0.05, 0.1) is 4.90 Å². The number of carbonyl (C=O) groups is 1. The molecule has 1 aliphatic heterocycles. The number of amides is 1. The molecule has 1 amide bonds. The smallest absolute Gasteiger partial charge is 0.262 e. The summed E-state index contributed by atoms with van der Waals surface area (Å²) in [4.78, 5) is 12.0. The van der Waals surface area contributed by atoms with Gasteiger partial charge in [0.25, 0.3) is 15.0 Å². The summed E-state index contributed by atoms with van der Waals surface area (Å²) in [5, 5.41) is 2.83. The van der Waals surface area contributed by atoms with Crippen molar-refractivity contribution in [2.75, 3.05) is 11.5 Å². The quantitative estimate of drug-likeness (QED) is 0.767. The average Bonchev–Trinajstić information content (AvgIpc) is 2.40. The first-order valence-electron chi connectivity index (χ1n) is 6.17. The Labute approximate surface area is 138 Å². The number of halogens is 2. The van der Waals surface area contributed by atoms with Gasteiger partial charge in [-0.25, -0.2) is 8.42 Å².